The molecule has 1 heterocycles. The van der Waals surface area contributed by atoms with E-state index in [0.717, 1.165) is 17.7 Å². The van der Waals surface area contributed by atoms with E-state index in [1.165, 1.54) is 18.1 Å². The molecule has 0 saturated heterocycles. The average molecular weight is 369 g/mol. The van der Waals surface area contributed by atoms with E-state index in [-0.39, 0.29) is 47.4 Å². The van der Waals surface area contributed by atoms with Crippen LogP contribution in [0.15, 0.2) is 47.4 Å². The first-order valence-corrected chi connectivity index (χ1v) is 8.31. The van der Waals surface area contributed by atoms with Gasteiger partial charge in [0.25, 0.3) is 11.7 Å². The molecule has 0 aromatic heterocycles. The Balaban J connectivity index is 0.00000225. The minimum Gasteiger partial charge on any atom is -0.744 e. The van der Waals surface area contributed by atoms with Gasteiger partial charge in [0.2, 0.25) is 0 Å². The van der Waals surface area contributed by atoms with Crippen molar-refractivity contribution in [2.45, 2.75) is 11.4 Å². The summed E-state index contributed by atoms with van der Waals surface area (Å²) in [6.07, 6.45) is 0. The molecule has 0 N–H and O–H groups in total. The van der Waals surface area contributed by atoms with Crippen LogP contribution in [0.25, 0.3) is 0 Å². The predicted molar refractivity (Wildman–Crippen MR) is 82.9 cm³/mol. The summed E-state index contributed by atoms with van der Waals surface area (Å²) in [6.45, 7) is 0.144. The van der Waals surface area contributed by atoms with Crippen LogP contribution in [0.2, 0.25) is 0 Å². The van der Waals surface area contributed by atoms with Crippen LogP contribution in [-0.4, -0.2) is 31.8 Å². The van der Waals surface area contributed by atoms with E-state index < -0.39 is 26.7 Å². The molecule has 0 bridgehead atoms. The summed E-state index contributed by atoms with van der Waals surface area (Å²) in [5.41, 5.74) is 0.976. The molecule has 7 nitrogen and oxygen atoms in total. The van der Waals surface area contributed by atoms with Gasteiger partial charge in [-0.2, -0.15) is 0 Å². The molecule has 2 aromatic rings. The summed E-state index contributed by atoms with van der Waals surface area (Å²) in [5.74, 6) is -0.932. The third-order valence-electron chi connectivity index (χ3n) is 3.73. The van der Waals surface area contributed by atoms with Crippen LogP contribution >= 0.6 is 0 Å². The van der Waals surface area contributed by atoms with E-state index in [1.807, 2.05) is 0 Å². The summed E-state index contributed by atoms with van der Waals surface area (Å²) < 4.78 is 38.3. The van der Waals surface area contributed by atoms with E-state index >= 15 is 0 Å². The summed E-state index contributed by atoms with van der Waals surface area (Å²) in [7, 11) is -3.16. The Hall–Kier alpha value is -1.71. The number of Topliss-reactive ketones (excluding diaryl/α,β-unsaturated/α-hetero) is 1. The molecule has 0 fully saturated rings. The van der Waals surface area contributed by atoms with Crippen molar-refractivity contribution in [3.8, 4) is 5.75 Å². The molecule has 1 amide bonds. The van der Waals surface area contributed by atoms with Crippen LogP contribution in [0, 0.1) is 0 Å². The Morgan fingerprint density at radius 2 is 1.72 bits per heavy atom. The van der Waals surface area contributed by atoms with Gasteiger partial charge in [-0.25, -0.2) is 8.42 Å². The Morgan fingerprint density at radius 3 is 2.28 bits per heavy atom. The molecule has 0 atom stereocenters. The number of fused-ring (bicyclic) bond motifs is 1. The van der Waals surface area contributed by atoms with Crippen LogP contribution in [0.1, 0.15) is 15.9 Å². The number of amides is 1. The van der Waals surface area contributed by atoms with Gasteiger partial charge in [0.05, 0.1) is 29.8 Å². The maximum absolute atomic E-state index is 12.2. The second-order valence-corrected chi connectivity index (χ2v) is 6.58. The zero-order valence-electron chi connectivity index (χ0n) is 13.6. The molecule has 9 heteroatoms. The van der Waals surface area contributed by atoms with Crippen molar-refractivity contribution in [1.29, 1.82) is 0 Å². The minimum absolute atomic E-state index is 0. The number of nitrogens with zero attached hydrogens (tertiary/aromatic N) is 1. The molecule has 25 heavy (non-hydrogen) atoms. The number of hydrogen-bond donors (Lipinski definition) is 0. The van der Waals surface area contributed by atoms with E-state index in [2.05, 4.69) is 0 Å². The fourth-order valence-corrected chi connectivity index (χ4v) is 3.00. The first-order chi connectivity index (χ1) is 11.3. The second kappa shape index (κ2) is 7.27. The molecule has 0 aliphatic carbocycles. The third-order valence-corrected chi connectivity index (χ3v) is 4.56. The summed E-state index contributed by atoms with van der Waals surface area (Å²) in [4.78, 5) is 25.0. The van der Waals surface area contributed by atoms with Crippen molar-refractivity contribution in [1.82, 2.24) is 0 Å². The largest absolute Gasteiger partial charge is 1.00 e. The monoisotopic (exact) mass is 369 g/mol. The Labute approximate surface area is 166 Å². The molecule has 2 aromatic carbocycles. The molecule has 0 unspecified atom stereocenters. The smallest absolute Gasteiger partial charge is 0.744 e. The molecule has 0 saturated carbocycles. The standard InChI is InChI=1S/C16H13NO6S.Na/c1-23-11-4-2-10(3-5-11)9-17-14-7-6-12(24(20,21)22)8-13(14)15(18)16(17)19;/h2-8H,9H2,1H3,(H,20,21,22);/q;+1/p-1. The molecule has 3 rings (SSSR count). The number of ether oxygens (including phenoxy) is 1. The van der Waals surface area contributed by atoms with Gasteiger partial charge in [0.15, 0.2) is 0 Å². The number of methoxy groups -OCH3 is 1. The Bertz CT molecular complexity index is 940. The summed E-state index contributed by atoms with van der Waals surface area (Å²) in [6, 6.07) is 10.3. The SMILES string of the molecule is COc1ccc(CN2C(=O)C(=O)c3cc(S(=O)(=O)[O-])ccc32)cc1.[Na+]. The average Bonchev–Trinajstić information content (AvgIpc) is 2.79. The molecular weight excluding hydrogens is 357 g/mol. The van der Waals surface area contributed by atoms with E-state index in [0.29, 0.717) is 5.75 Å². The van der Waals surface area contributed by atoms with Gasteiger partial charge in [-0.3, -0.25) is 9.59 Å². The first kappa shape index (κ1) is 19.6. The maximum Gasteiger partial charge on any atom is 1.00 e. The van der Waals surface area contributed by atoms with Crippen molar-refractivity contribution in [2.75, 3.05) is 12.0 Å². The van der Waals surface area contributed by atoms with Crippen molar-refractivity contribution in [3.63, 3.8) is 0 Å². The summed E-state index contributed by atoms with van der Waals surface area (Å²) in [5, 5.41) is 0. The van der Waals surface area contributed by atoms with Gasteiger partial charge in [-0.05, 0) is 35.9 Å². The third kappa shape index (κ3) is 3.78. The van der Waals surface area contributed by atoms with Gasteiger partial charge >= 0.3 is 29.6 Å². The van der Waals surface area contributed by atoms with Crippen LogP contribution < -0.4 is 39.2 Å². The Kier molecular flexibility index (Phi) is 5.70. The molecular formula is C16H12NNaO6S. The number of carbonyl (C=O) groups is 2. The van der Waals surface area contributed by atoms with E-state index in [1.54, 1.807) is 24.3 Å². The van der Waals surface area contributed by atoms with Crippen molar-refractivity contribution < 1.29 is 56.9 Å². The van der Waals surface area contributed by atoms with Crippen LogP contribution in [0.5, 0.6) is 5.75 Å². The molecule has 124 valence electrons. The van der Waals surface area contributed by atoms with Gasteiger partial charge in [0.1, 0.15) is 15.9 Å². The molecule has 0 spiro atoms. The van der Waals surface area contributed by atoms with Gasteiger partial charge in [0, 0.05) is 0 Å². The number of hydrogen-bond acceptors (Lipinski definition) is 6. The van der Waals surface area contributed by atoms with Crippen molar-refractivity contribution in [2.24, 2.45) is 0 Å². The molecule has 0 radical (unpaired) electrons. The van der Waals surface area contributed by atoms with Gasteiger partial charge in [-0.15, -0.1) is 0 Å². The zero-order valence-corrected chi connectivity index (χ0v) is 16.4. The molecule has 1 aliphatic heterocycles. The van der Waals surface area contributed by atoms with E-state index in [4.69, 9.17) is 4.74 Å². The van der Waals surface area contributed by atoms with Gasteiger partial charge in [-0.1, -0.05) is 12.1 Å². The van der Waals surface area contributed by atoms with Crippen LogP contribution in [0.4, 0.5) is 5.69 Å². The van der Waals surface area contributed by atoms with E-state index in [9.17, 15) is 22.6 Å². The first-order valence-electron chi connectivity index (χ1n) is 6.90. The number of rotatable bonds is 4. The quantitative estimate of drug-likeness (QED) is 0.363. The maximum atomic E-state index is 12.2. The Morgan fingerprint density at radius 1 is 1.08 bits per heavy atom. The fraction of sp³-hybridized carbons (Fsp3) is 0.125. The normalized spacial score (nSPS) is 13.4. The van der Waals surface area contributed by atoms with Crippen molar-refractivity contribution in [3.05, 3.63) is 53.6 Å². The van der Waals surface area contributed by atoms with Crippen molar-refractivity contribution >= 4 is 27.5 Å². The van der Waals surface area contributed by atoms with Gasteiger partial charge < -0.3 is 14.2 Å². The van der Waals surface area contributed by atoms with Crippen LogP contribution in [-0.2, 0) is 21.5 Å². The number of ketones is 1. The number of anilines is 1. The number of carbonyl (C=O) groups excluding carboxylic acids is 2. The fourth-order valence-electron chi connectivity index (χ4n) is 2.51. The molecule has 1 aliphatic rings. The second-order valence-electron chi connectivity index (χ2n) is 5.20. The topological polar surface area (TPSA) is 104 Å². The zero-order chi connectivity index (χ0) is 17.5. The predicted octanol–water partition coefficient (Wildman–Crippen LogP) is -1.67. The summed E-state index contributed by atoms with van der Waals surface area (Å²) >= 11 is 0. The minimum atomic E-state index is -4.70. The van der Waals surface area contributed by atoms with Crippen LogP contribution in [0.3, 0.4) is 0 Å². The number of benzene rings is 2.